The minimum atomic E-state index is 0.0204. The number of anilines is 1. The molecule has 1 unspecified atom stereocenters. The van der Waals surface area contributed by atoms with Gasteiger partial charge in [-0.05, 0) is 17.7 Å². The number of nitrogens with one attached hydrogen (secondary N) is 1. The summed E-state index contributed by atoms with van der Waals surface area (Å²) in [6.07, 6.45) is 0.0204. The van der Waals surface area contributed by atoms with Crippen LogP contribution in [0.2, 0.25) is 0 Å². The molecule has 0 bridgehead atoms. The highest BCUT2D eigenvalue weighted by Gasteiger charge is 2.13. The monoisotopic (exact) mass is 250 g/mol. The van der Waals surface area contributed by atoms with Crippen LogP contribution in [0, 0.1) is 0 Å². The van der Waals surface area contributed by atoms with E-state index in [0.717, 1.165) is 26.2 Å². The maximum Gasteiger partial charge on any atom is 0.105 e. The Balaban J connectivity index is 2.03. The summed E-state index contributed by atoms with van der Waals surface area (Å²) >= 11 is 0. The Bertz CT molecular complexity index is 324. The minimum Gasteiger partial charge on any atom is -0.382 e. The average Bonchev–Trinajstić information content (AvgIpc) is 2.46. The van der Waals surface area contributed by atoms with Gasteiger partial charge in [-0.3, -0.25) is 0 Å². The molecule has 1 heterocycles. The van der Waals surface area contributed by atoms with Crippen molar-refractivity contribution in [1.82, 2.24) is 5.32 Å². The summed E-state index contributed by atoms with van der Waals surface area (Å²) in [6, 6.07) is 8.60. The van der Waals surface area contributed by atoms with E-state index in [9.17, 15) is 0 Å². The van der Waals surface area contributed by atoms with Gasteiger partial charge in [-0.15, -0.1) is 0 Å². The van der Waals surface area contributed by atoms with E-state index in [1.54, 1.807) is 14.2 Å². The van der Waals surface area contributed by atoms with Gasteiger partial charge in [0.25, 0.3) is 0 Å². The van der Waals surface area contributed by atoms with Crippen LogP contribution in [-0.2, 0) is 9.47 Å². The van der Waals surface area contributed by atoms with Gasteiger partial charge in [-0.1, -0.05) is 12.1 Å². The molecule has 1 aromatic carbocycles. The number of rotatable bonds is 5. The predicted octanol–water partition coefficient (Wildman–Crippen LogP) is 1.43. The van der Waals surface area contributed by atoms with Gasteiger partial charge in [-0.2, -0.15) is 0 Å². The van der Waals surface area contributed by atoms with E-state index in [0.29, 0.717) is 6.61 Å². The second kappa shape index (κ2) is 6.73. The van der Waals surface area contributed by atoms with Crippen molar-refractivity contribution >= 4 is 5.69 Å². The van der Waals surface area contributed by atoms with Crippen molar-refractivity contribution in [2.24, 2.45) is 0 Å². The van der Waals surface area contributed by atoms with Crippen LogP contribution in [0.4, 0.5) is 5.69 Å². The molecule has 0 aromatic heterocycles. The van der Waals surface area contributed by atoms with Crippen LogP contribution in [0.1, 0.15) is 11.7 Å². The number of piperazine rings is 1. The van der Waals surface area contributed by atoms with Crippen LogP contribution in [0.25, 0.3) is 0 Å². The highest BCUT2D eigenvalue weighted by Crippen LogP contribution is 2.21. The third-order valence-corrected chi connectivity index (χ3v) is 3.35. The lowest BCUT2D eigenvalue weighted by molar-refractivity contribution is 0.0275. The predicted molar refractivity (Wildman–Crippen MR) is 73.2 cm³/mol. The van der Waals surface area contributed by atoms with Crippen molar-refractivity contribution in [3.8, 4) is 0 Å². The molecular weight excluding hydrogens is 228 g/mol. The Morgan fingerprint density at radius 1 is 1.17 bits per heavy atom. The van der Waals surface area contributed by atoms with Crippen molar-refractivity contribution in [3.05, 3.63) is 29.8 Å². The third-order valence-electron chi connectivity index (χ3n) is 3.35. The molecule has 1 aliphatic heterocycles. The fraction of sp³-hybridized carbons (Fsp3) is 0.571. The molecule has 0 spiro atoms. The molecule has 1 fully saturated rings. The Hall–Kier alpha value is -1.10. The summed E-state index contributed by atoms with van der Waals surface area (Å²) in [5.74, 6) is 0. The van der Waals surface area contributed by atoms with Gasteiger partial charge in [0.1, 0.15) is 6.10 Å². The molecule has 1 saturated heterocycles. The average molecular weight is 250 g/mol. The molecule has 0 radical (unpaired) electrons. The Morgan fingerprint density at radius 3 is 2.39 bits per heavy atom. The molecule has 1 N–H and O–H groups in total. The summed E-state index contributed by atoms with van der Waals surface area (Å²) in [5.41, 5.74) is 2.45. The van der Waals surface area contributed by atoms with Crippen LogP contribution >= 0.6 is 0 Å². The Labute approximate surface area is 109 Å². The molecule has 4 heteroatoms. The lowest BCUT2D eigenvalue weighted by Crippen LogP contribution is -2.43. The van der Waals surface area contributed by atoms with Crippen LogP contribution < -0.4 is 10.2 Å². The first-order valence-corrected chi connectivity index (χ1v) is 6.42. The van der Waals surface area contributed by atoms with Crippen molar-refractivity contribution in [3.63, 3.8) is 0 Å². The first kappa shape index (κ1) is 13.3. The standard InChI is InChI=1S/C14H22N2O2/c1-17-11-14(18-2)12-3-5-13(6-4-12)16-9-7-15-8-10-16/h3-6,14-15H,7-11H2,1-2H3. The lowest BCUT2D eigenvalue weighted by atomic mass is 10.1. The molecule has 1 aromatic rings. The molecule has 1 atom stereocenters. The topological polar surface area (TPSA) is 33.7 Å². The second-order valence-electron chi connectivity index (χ2n) is 4.51. The zero-order valence-electron chi connectivity index (χ0n) is 11.2. The lowest BCUT2D eigenvalue weighted by Gasteiger charge is -2.29. The Morgan fingerprint density at radius 2 is 1.83 bits per heavy atom. The number of benzene rings is 1. The molecular formula is C14H22N2O2. The largest absolute Gasteiger partial charge is 0.382 e. The molecule has 0 saturated carbocycles. The fourth-order valence-electron chi connectivity index (χ4n) is 2.27. The van der Waals surface area contributed by atoms with E-state index in [-0.39, 0.29) is 6.10 Å². The van der Waals surface area contributed by atoms with Crippen LogP contribution in [0.15, 0.2) is 24.3 Å². The molecule has 1 aliphatic rings. The third kappa shape index (κ3) is 3.22. The first-order chi connectivity index (χ1) is 8.85. The van der Waals surface area contributed by atoms with Crippen molar-refractivity contribution in [1.29, 1.82) is 0 Å². The van der Waals surface area contributed by atoms with Crippen LogP contribution in [0.3, 0.4) is 0 Å². The maximum absolute atomic E-state index is 5.41. The molecule has 0 amide bonds. The zero-order valence-corrected chi connectivity index (χ0v) is 11.2. The summed E-state index contributed by atoms with van der Waals surface area (Å²) in [6.45, 7) is 4.86. The summed E-state index contributed by atoms with van der Waals surface area (Å²) in [7, 11) is 3.41. The summed E-state index contributed by atoms with van der Waals surface area (Å²) in [5, 5.41) is 3.36. The highest BCUT2D eigenvalue weighted by molar-refractivity contribution is 5.48. The van der Waals surface area contributed by atoms with Crippen molar-refractivity contribution in [2.45, 2.75) is 6.10 Å². The summed E-state index contributed by atoms with van der Waals surface area (Å²) < 4.78 is 10.6. The van der Waals surface area contributed by atoms with E-state index >= 15 is 0 Å². The van der Waals surface area contributed by atoms with E-state index < -0.39 is 0 Å². The normalized spacial score (nSPS) is 17.8. The maximum atomic E-state index is 5.41. The van der Waals surface area contributed by atoms with Gasteiger partial charge in [0.2, 0.25) is 0 Å². The number of nitrogens with zero attached hydrogens (tertiary/aromatic N) is 1. The number of methoxy groups -OCH3 is 2. The van der Waals surface area contributed by atoms with Gasteiger partial charge in [0.05, 0.1) is 6.61 Å². The van der Waals surface area contributed by atoms with Gasteiger partial charge in [0, 0.05) is 46.1 Å². The van der Waals surface area contributed by atoms with E-state index in [1.165, 1.54) is 11.3 Å². The van der Waals surface area contributed by atoms with Crippen molar-refractivity contribution in [2.75, 3.05) is 51.9 Å². The highest BCUT2D eigenvalue weighted by atomic mass is 16.5. The van der Waals surface area contributed by atoms with E-state index in [1.807, 2.05) is 0 Å². The SMILES string of the molecule is COCC(OC)c1ccc(N2CCNCC2)cc1. The second-order valence-corrected chi connectivity index (χ2v) is 4.51. The molecule has 2 rings (SSSR count). The smallest absolute Gasteiger partial charge is 0.105 e. The zero-order chi connectivity index (χ0) is 12.8. The molecule has 100 valence electrons. The summed E-state index contributed by atoms with van der Waals surface area (Å²) in [4.78, 5) is 2.40. The van der Waals surface area contributed by atoms with E-state index in [4.69, 9.17) is 9.47 Å². The van der Waals surface area contributed by atoms with Gasteiger partial charge < -0.3 is 19.7 Å². The Kier molecular flexibility index (Phi) is 4.99. The number of hydrogen-bond donors (Lipinski definition) is 1. The van der Waals surface area contributed by atoms with Gasteiger partial charge in [-0.25, -0.2) is 0 Å². The minimum absolute atomic E-state index is 0.0204. The number of hydrogen-bond acceptors (Lipinski definition) is 4. The van der Waals surface area contributed by atoms with Gasteiger partial charge in [0.15, 0.2) is 0 Å². The quantitative estimate of drug-likeness (QED) is 0.857. The van der Waals surface area contributed by atoms with Crippen LogP contribution in [0.5, 0.6) is 0 Å². The molecule has 4 nitrogen and oxygen atoms in total. The molecule has 0 aliphatic carbocycles. The number of ether oxygens (including phenoxy) is 2. The fourth-order valence-corrected chi connectivity index (χ4v) is 2.27. The first-order valence-electron chi connectivity index (χ1n) is 6.42. The van der Waals surface area contributed by atoms with Crippen molar-refractivity contribution < 1.29 is 9.47 Å². The van der Waals surface area contributed by atoms with E-state index in [2.05, 4.69) is 34.5 Å². The van der Waals surface area contributed by atoms with Gasteiger partial charge >= 0.3 is 0 Å². The van der Waals surface area contributed by atoms with Crippen LogP contribution in [-0.4, -0.2) is 47.0 Å². The molecule has 18 heavy (non-hydrogen) atoms.